The molecule has 0 spiro atoms. The molecule has 0 fully saturated rings. The maximum absolute atomic E-state index is 12.2. The minimum Gasteiger partial charge on any atom is -0.325 e. The van der Waals surface area contributed by atoms with E-state index >= 15 is 0 Å². The number of carbonyl (C=O) groups excluding carboxylic acids is 1. The quantitative estimate of drug-likeness (QED) is 0.473. The maximum Gasteiger partial charge on any atom is 0.234 e. The second-order valence-corrected chi connectivity index (χ2v) is 9.76. The molecule has 0 saturated heterocycles. The van der Waals surface area contributed by atoms with E-state index in [-0.39, 0.29) is 5.91 Å². The second-order valence-electron chi connectivity index (χ2n) is 5.90. The number of aromatic nitrogens is 2. The van der Waals surface area contributed by atoms with Gasteiger partial charge in [0, 0.05) is 16.5 Å². The smallest absolute Gasteiger partial charge is 0.234 e. The third-order valence-corrected chi connectivity index (χ3v) is 7.16. The number of nitrogens with one attached hydrogen (secondary N) is 1. The lowest BCUT2D eigenvalue weighted by molar-refractivity contribution is -0.113. The minimum atomic E-state index is -0.0440. The molecule has 3 aromatic rings. The molecule has 0 bridgehead atoms. The number of hydrogen-bond donors (Lipinski definition) is 1. The lowest BCUT2D eigenvalue weighted by atomic mass is 10.1. The number of nitrogens with zero attached hydrogens (tertiary/aromatic N) is 2. The molecule has 0 unspecified atom stereocenters. The van der Waals surface area contributed by atoms with Crippen molar-refractivity contribution in [1.82, 2.24) is 10.2 Å². The van der Waals surface area contributed by atoms with E-state index in [1.807, 2.05) is 50.2 Å². The van der Waals surface area contributed by atoms with Gasteiger partial charge in [0.2, 0.25) is 5.91 Å². The van der Waals surface area contributed by atoms with Gasteiger partial charge in [0.05, 0.1) is 5.75 Å². The van der Waals surface area contributed by atoms with Crippen molar-refractivity contribution in [1.29, 1.82) is 0 Å². The van der Waals surface area contributed by atoms with Gasteiger partial charge in [-0.1, -0.05) is 76.3 Å². The summed E-state index contributed by atoms with van der Waals surface area (Å²) in [6, 6.07) is 13.7. The van der Waals surface area contributed by atoms with Gasteiger partial charge in [0.15, 0.2) is 8.68 Å². The third-order valence-electron chi connectivity index (χ3n) is 3.65. The average Bonchev–Trinajstić information content (AvgIpc) is 3.10. The van der Waals surface area contributed by atoms with Crippen molar-refractivity contribution < 1.29 is 4.79 Å². The van der Waals surface area contributed by atoms with E-state index < -0.39 is 0 Å². The Hall–Kier alpha value is -1.54. The molecule has 0 atom stereocenters. The fourth-order valence-electron chi connectivity index (χ4n) is 2.31. The third kappa shape index (κ3) is 6.24. The van der Waals surface area contributed by atoms with Crippen molar-refractivity contribution >= 4 is 58.1 Å². The zero-order valence-electron chi connectivity index (χ0n) is 14.9. The topological polar surface area (TPSA) is 54.9 Å². The number of rotatable bonds is 7. The second kappa shape index (κ2) is 9.59. The van der Waals surface area contributed by atoms with Crippen LogP contribution in [0.25, 0.3) is 0 Å². The van der Waals surface area contributed by atoms with Crippen molar-refractivity contribution in [3.63, 3.8) is 0 Å². The summed E-state index contributed by atoms with van der Waals surface area (Å²) in [5, 5.41) is 12.0. The van der Waals surface area contributed by atoms with Crippen LogP contribution in [0.4, 0.5) is 5.69 Å². The van der Waals surface area contributed by atoms with Crippen LogP contribution in [0.2, 0.25) is 5.02 Å². The monoisotopic (exact) mass is 435 g/mol. The van der Waals surface area contributed by atoms with E-state index in [1.165, 1.54) is 34.2 Å². The predicted octanol–water partition coefficient (Wildman–Crippen LogP) is 5.83. The van der Waals surface area contributed by atoms with Crippen molar-refractivity contribution in [3.8, 4) is 0 Å². The lowest BCUT2D eigenvalue weighted by Gasteiger charge is -2.08. The SMILES string of the molecule is Cc1ccc(NC(=O)CSc2nnc(SCc3ccc(Cl)cc3)s2)c(C)c1. The first-order chi connectivity index (χ1) is 13.0. The van der Waals surface area contributed by atoms with E-state index in [4.69, 9.17) is 11.6 Å². The number of carbonyl (C=O) groups is 1. The molecular weight excluding hydrogens is 418 g/mol. The van der Waals surface area contributed by atoms with Gasteiger partial charge in [0.1, 0.15) is 0 Å². The van der Waals surface area contributed by atoms with E-state index in [0.717, 1.165) is 30.7 Å². The standard InChI is InChI=1S/C19H18ClN3OS3/c1-12-3-8-16(13(2)9-12)21-17(24)11-26-19-23-22-18(27-19)25-10-14-4-6-15(20)7-5-14/h3-9H,10-11H2,1-2H3,(H,21,24). The van der Waals surface area contributed by atoms with Crippen LogP contribution in [0.15, 0.2) is 51.1 Å². The zero-order chi connectivity index (χ0) is 19.2. The normalized spacial score (nSPS) is 10.8. The highest BCUT2D eigenvalue weighted by Gasteiger charge is 2.10. The summed E-state index contributed by atoms with van der Waals surface area (Å²) in [6.07, 6.45) is 0. The molecule has 0 aliphatic heterocycles. The molecule has 1 heterocycles. The van der Waals surface area contributed by atoms with Gasteiger partial charge in [-0.25, -0.2) is 0 Å². The number of anilines is 1. The molecule has 4 nitrogen and oxygen atoms in total. The molecule has 1 amide bonds. The lowest BCUT2D eigenvalue weighted by Crippen LogP contribution is -2.14. The molecule has 8 heteroatoms. The molecule has 3 rings (SSSR count). The summed E-state index contributed by atoms with van der Waals surface area (Å²) in [5.41, 5.74) is 4.27. The predicted molar refractivity (Wildman–Crippen MR) is 116 cm³/mol. The van der Waals surface area contributed by atoms with Gasteiger partial charge in [-0.05, 0) is 43.2 Å². The number of aryl methyl sites for hydroxylation is 2. The molecule has 0 aliphatic carbocycles. The Bertz CT molecular complexity index is 928. The Morgan fingerprint density at radius 3 is 2.48 bits per heavy atom. The largest absolute Gasteiger partial charge is 0.325 e. The van der Waals surface area contributed by atoms with E-state index in [1.54, 1.807) is 11.8 Å². The summed E-state index contributed by atoms with van der Waals surface area (Å²) < 4.78 is 1.69. The van der Waals surface area contributed by atoms with Gasteiger partial charge >= 0.3 is 0 Å². The van der Waals surface area contributed by atoms with Gasteiger partial charge in [-0.15, -0.1) is 10.2 Å². The van der Waals surface area contributed by atoms with Crippen molar-refractivity contribution in [3.05, 3.63) is 64.2 Å². The van der Waals surface area contributed by atoms with E-state index in [9.17, 15) is 4.79 Å². The first-order valence-electron chi connectivity index (χ1n) is 8.20. The van der Waals surface area contributed by atoms with E-state index in [2.05, 4.69) is 21.6 Å². The van der Waals surface area contributed by atoms with Crippen molar-refractivity contribution in [2.45, 2.75) is 28.3 Å². The first-order valence-corrected chi connectivity index (χ1v) is 11.4. The molecule has 0 radical (unpaired) electrons. The summed E-state index contributed by atoms with van der Waals surface area (Å²) >= 11 is 10.4. The Balaban J connectivity index is 1.47. The van der Waals surface area contributed by atoms with Crippen LogP contribution in [0.1, 0.15) is 16.7 Å². The number of hydrogen-bond acceptors (Lipinski definition) is 6. The summed E-state index contributed by atoms with van der Waals surface area (Å²) in [7, 11) is 0. The molecule has 1 aromatic heterocycles. The highest BCUT2D eigenvalue weighted by Crippen LogP contribution is 2.31. The molecule has 1 N–H and O–H groups in total. The fourth-order valence-corrected chi connectivity index (χ4v) is 5.21. The summed E-state index contributed by atoms with van der Waals surface area (Å²) in [6.45, 7) is 4.02. The van der Waals surface area contributed by atoms with Crippen LogP contribution < -0.4 is 5.32 Å². The fraction of sp³-hybridized carbons (Fsp3) is 0.211. The Labute approximate surface area is 176 Å². The number of thioether (sulfide) groups is 2. The molecule has 0 aliphatic rings. The molecule has 140 valence electrons. The van der Waals surface area contributed by atoms with Crippen LogP contribution in [-0.4, -0.2) is 21.9 Å². The van der Waals surface area contributed by atoms with Gasteiger partial charge in [0.25, 0.3) is 0 Å². The highest BCUT2D eigenvalue weighted by molar-refractivity contribution is 8.03. The number of benzene rings is 2. The van der Waals surface area contributed by atoms with Crippen LogP contribution in [0.3, 0.4) is 0 Å². The van der Waals surface area contributed by atoms with Crippen LogP contribution in [0.5, 0.6) is 0 Å². The maximum atomic E-state index is 12.2. The molecule has 2 aromatic carbocycles. The average molecular weight is 436 g/mol. The minimum absolute atomic E-state index is 0.0440. The van der Waals surface area contributed by atoms with Crippen LogP contribution in [-0.2, 0) is 10.5 Å². The van der Waals surface area contributed by atoms with E-state index in [0.29, 0.717) is 5.75 Å². The Morgan fingerprint density at radius 2 is 1.78 bits per heavy atom. The number of halogens is 1. The van der Waals surface area contributed by atoms with Crippen LogP contribution >= 0.6 is 46.5 Å². The first kappa shape index (κ1) is 20.2. The van der Waals surface area contributed by atoms with Gasteiger partial charge in [-0.2, -0.15) is 0 Å². The summed E-state index contributed by atoms with van der Waals surface area (Å²) in [5.74, 6) is 1.07. The molecular formula is C19H18ClN3OS3. The molecule has 27 heavy (non-hydrogen) atoms. The van der Waals surface area contributed by atoms with Gasteiger partial charge in [-0.3, -0.25) is 4.79 Å². The summed E-state index contributed by atoms with van der Waals surface area (Å²) in [4.78, 5) is 12.2. The van der Waals surface area contributed by atoms with Crippen molar-refractivity contribution in [2.24, 2.45) is 0 Å². The zero-order valence-corrected chi connectivity index (χ0v) is 18.1. The molecule has 0 saturated carbocycles. The Morgan fingerprint density at radius 1 is 1.07 bits per heavy atom. The van der Waals surface area contributed by atoms with Gasteiger partial charge < -0.3 is 5.32 Å². The highest BCUT2D eigenvalue weighted by atomic mass is 35.5. The Kier molecular flexibility index (Phi) is 7.18. The number of amides is 1. The van der Waals surface area contributed by atoms with Crippen LogP contribution in [0, 0.1) is 13.8 Å². The van der Waals surface area contributed by atoms with Crippen molar-refractivity contribution in [2.75, 3.05) is 11.1 Å².